The molecular formula is C10H19NO2. The zero-order valence-electron chi connectivity index (χ0n) is 8.68. The largest absolute Gasteiger partial charge is 0.481 e. The van der Waals surface area contributed by atoms with Gasteiger partial charge in [-0.1, -0.05) is 6.92 Å². The molecule has 1 fully saturated rings. The van der Waals surface area contributed by atoms with Crippen LogP contribution < -0.4 is 5.32 Å². The first-order valence-corrected chi connectivity index (χ1v) is 4.80. The number of carboxylic acids is 1. The van der Waals surface area contributed by atoms with Crippen LogP contribution in [0.25, 0.3) is 0 Å². The zero-order valence-corrected chi connectivity index (χ0v) is 8.68. The summed E-state index contributed by atoms with van der Waals surface area (Å²) < 4.78 is 0. The van der Waals surface area contributed by atoms with E-state index >= 15 is 0 Å². The first kappa shape index (κ1) is 10.5. The molecule has 0 bridgehead atoms. The summed E-state index contributed by atoms with van der Waals surface area (Å²) in [5, 5.41) is 12.1. The molecule has 0 radical (unpaired) electrons. The van der Waals surface area contributed by atoms with Crippen molar-refractivity contribution in [1.82, 2.24) is 5.32 Å². The molecule has 0 aromatic rings. The Morgan fingerprint density at radius 2 is 2.08 bits per heavy atom. The normalized spacial score (nSPS) is 19.9. The smallest absolute Gasteiger partial charge is 0.310 e. The zero-order chi connectivity index (χ0) is 10.1. The third kappa shape index (κ3) is 2.99. The van der Waals surface area contributed by atoms with Crippen LogP contribution in [0.5, 0.6) is 0 Å². The van der Waals surface area contributed by atoms with E-state index in [1.807, 2.05) is 0 Å². The van der Waals surface area contributed by atoms with Gasteiger partial charge in [0.2, 0.25) is 0 Å². The van der Waals surface area contributed by atoms with Gasteiger partial charge in [-0.25, -0.2) is 0 Å². The Morgan fingerprint density at radius 3 is 2.46 bits per heavy atom. The molecule has 0 atom stereocenters. The topological polar surface area (TPSA) is 49.3 Å². The Balaban J connectivity index is 2.21. The number of hydrogen-bond acceptors (Lipinski definition) is 2. The second kappa shape index (κ2) is 3.29. The number of nitrogens with one attached hydrogen (secondary N) is 1. The van der Waals surface area contributed by atoms with Crippen LogP contribution in [0.4, 0.5) is 0 Å². The predicted octanol–water partition coefficient (Wildman–Crippen LogP) is 1.49. The van der Waals surface area contributed by atoms with Gasteiger partial charge in [-0.3, -0.25) is 4.79 Å². The van der Waals surface area contributed by atoms with Gasteiger partial charge < -0.3 is 10.4 Å². The van der Waals surface area contributed by atoms with Crippen molar-refractivity contribution >= 4 is 5.97 Å². The summed E-state index contributed by atoms with van der Waals surface area (Å²) in [6, 6.07) is 0. The quantitative estimate of drug-likeness (QED) is 0.682. The fraction of sp³-hybridized carbons (Fsp3) is 0.900. The third-order valence-electron chi connectivity index (χ3n) is 2.80. The molecule has 3 nitrogen and oxygen atoms in total. The van der Waals surface area contributed by atoms with Crippen LogP contribution in [0.1, 0.15) is 33.6 Å². The van der Waals surface area contributed by atoms with Crippen LogP contribution in [0.15, 0.2) is 0 Å². The summed E-state index contributed by atoms with van der Waals surface area (Å²) >= 11 is 0. The molecule has 0 saturated heterocycles. The average Bonchev–Trinajstić information content (AvgIpc) is 2.67. The highest BCUT2D eigenvalue weighted by Gasteiger charge is 2.37. The lowest BCUT2D eigenvalue weighted by Gasteiger charge is -2.20. The van der Waals surface area contributed by atoms with Crippen molar-refractivity contribution in [3.63, 3.8) is 0 Å². The Kier molecular flexibility index (Phi) is 2.66. The minimum Gasteiger partial charge on any atom is -0.481 e. The molecule has 0 spiro atoms. The van der Waals surface area contributed by atoms with E-state index in [1.165, 1.54) is 12.8 Å². The van der Waals surface area contributed by atoms with Gasteiger partial charge in [-0.2, -0.15) is 0 Å². The summed E-state index contributed by atoms with van der Waals surface area (Å²) in [6.45, 7) is 7.23. The molecule has 0 aromatic carbocycles. The third-order valence-corrected chi connectivity index (χ3v) is 2.80. The van der Waals surface area contributed by atoms with Crippen LogP contribution in [-0.2, 0) is 4.79 Å². The van der Waals surface area contributed by atoms with Crippen LogP contribution in [0.2, 0.25) is 0 Å². The molecule has 2 N–H and O–H groups in total. The van der Waals surface area contributed by atoms with Gasteiger partial charge in [0.25, 0.3) is 0 Å². The molecule has 1 aliphatic rings. The van der Waals surface area contributed by atoms with Gasteiger partial charge in [0.15, 0.2) is 0 Å². The van der Waals surface area contributed by atoms with Crippen molar-refractivity contribution in [2.24, 2.45) is 10.8 Å². The van der Waals surface area contributed by atoms with Gasteiger partial charge in [0, 0.05) is 13.1 Å². The SMILES string of the molecule is CC1(CNCC(C)(C)C(=O)O)CC1. The molecule has 1 aliphatic carbocycles. The van der Waals surface area contributed by atoms with E-state index in [-0.39, 0.29) is 0 Å². The van der Waals surface area contributed by atoms with Crippen molar-refractivity contribution in [3.05, 3.63) is 0 Å². The highest BCUT2D eigenvalue weighted by atomic mass is 16.4. The van der Waals surface area contributed by atoms with Crippen molar-refractivity contribution in [2.75, 3.05) is 13.1 Å². The lowest BCUT2D eigenvalue weighted by molar-refractivity contribution is -0.146. The molecule has 0 amide bonds. The van der Waals surface area contributed by atoms with Crippen LogP contribution >= 0.6 is 0 Å². The fourth-order valence-electron chi connectivity index (χ4n) is 1.14. The van der Waals surface area contributed by atoms with Crippen molar-refractivity contribution in [3.8, 4) is 0 Å². The van der Waals surface area contributed by atoms with E-state index in [4.69, 9.17) is 5.11 Å². The minimum atomic E-state index is -0.735. The summed E-state index contributed by atoms with van der Waals surface area (Å²) in [5.74, 6) is -0.735. The minimum absolute atomic E-state index is 0.453. The molecule has 3 heteroatoms. The molecule has 1 saturated carbocycles. The highest BCUT2D eigenvalue weighted by molar-refractivity contribution is 5.73. The maximum atomic E-state index is 10.8. The second-order valence-corrected chi connectivity index (χ2v) is 5.10. The fourth-order valence-corrected chi connectivity index (χ4v) is 1.14. The number of aliphatic carboxylic acids is 1. The van der Waals surface area contributed by atoms with E-state index in [0.29, 0.717) is 12.0 Å². The average molecular weight is 185 g/mol. The second-order valence-electron chi connectivity index (χ2n) is 5.10. The molecule has 0 aromatic heterocycles. The van der Waals surface area contributed by atoms with Gasteiger partial charge in [-0.15, -0.1) is 0 Å². The predicted molar refractivity (Wildman–Crippen MR) is 51.6 cm³/mol. The molecule has 1 rings (SSSR count). The number of rotatable bonds is 5. The first-order chi connectivity index (χ1) is 5.86. The van der Waals surface area contributed by atoms with Gasteiger partial charge >= 0.3 is 5.97 Å². The summed E-state index contributed by atoms with van der Waals surface area (Å²) in [7, 11) is 0. The summed E-state index contributed by atoms with van der Waals surface area (Å²) in [6.07, 6.45) is 2.54. The van der Waals surface area contributed by atoms with E-state index in [1.54, 1.807) is 13.8 Å². The Bertz CT molecular complexity index is 207. The lowest BCUT2D eigenvalue weighted by Crippen LogP contribution is -2.37. The number of carbonyl (C=O) groups is 1. The molecular weight excluding hydrogens is 166 g/mol. The van der Waals surface area contributed by atoms with E-state index < -0.39 is 11.4 Å². The standard InChI is InChI=1S/C10H19NO2/c1-9(2,8(12)13)6-11-7-10(3)4-5-10/h11H,4-7H2,1-3H3,(H,12,13). The van der Waals surface area contributed by atoms with Crippen molar-refractivity contribution in [2.45, 2.75) is 33.6 Å². The summed E-state index contributed by atoms with van der Waals surface area (Å²) in [5.41, 5.74) is -0.195. The monoisotopic (exact) mass is 185 g/mol. The van der Waals surface area contributed by atoms with Gasteiger partial charge in [0.05, 0.1) is 5.41 Å². The van der Waals surface area contributed by atoms with Gasteiger partial charge in [-0.05, 0) is 32.1 Å². The molecule has 76 valence electrons. The van der Waals surface area contributed by atoms with E-state index in [0.717, 1.165) is 6.54 Å². The van der Waals surface area contributed by atoms with Crippen LogP contribution in [0, 0.1) is 10.8 Å². The number of hydrogen-bond donors (Lipinski definition) is 2. The first-order valence-electron chi connectivity index (χ1n) is 4.80. The lowest BCUT2D eigenvalue weighted by atomic mass is 9.93. The Morgan fingerprint density at radius 1 is 1.54 bits per heavy atom. The number of carboxylic acid groups (broad SMARTS) is 1. The van der Waals surface area contributed by atoms with Crippen molar-refractivity contribution in [1.29, 1.82) is 0 Å². The van der Waals surface area contributed by atoms with E-state index in [9.17, 15) is 4.79 Å². The van der Waals surface area contributed by atoms with Crippen LogP contribution in [-0.4, -0.2) is 24.2 Å². The maximum absolute atomic E-state index is 10.8. The van der Waals surface area contributed by atoms with Gasteiger partial charge in [0.1, 0.15) is 0 Å². The molecule has 0 heterocycles. The van der Waals surface area contributed by atoms with E-state index in [2.05, 4.69) is 12.2 Å². The molecule has 0 unspecified atom stereocenters. The molecule has 13 heavy (non-hydrogen) atoms. The highest BCUT2D eigenvalue weighted by Crippen LogP contribution is 2.44. The Labute approximate surface area is 79.5 Å². The van der Waals surface area contributed by atoms with Crippen molar-refractivity contribution < 1.29 is 9.90 Å². The molecule has 0 aliphatic heterocycles. The summed E-state index contributed by atoms with van der Waals surface area (Å²) in [4.78, 5) is 10.8. The maximum Gasteiger partial charge on any atom is 0.310 e. The van der Waals surface area contributed by atoms with Crippen LogP contribution in [0.3, 0.4) is 0 Å². The Hall–Kier alpha value is -0.570.